The van der Waals surface area contributed by atoms with E-state index in [9.17, 15) is 4.79 Å². The summed E-state index contributed by atoms with van der Waals surface area (Å²) in [5.41, 5.74) is 2.04. The zero-order chi connectivity index (χ0) is 17.8. The number of carbonyl (C=O) groups excluding carboxylic acids is 1. The van der Waals surface area contributed by atoms with E-state index in [-0.39, 0.29) is 5.91 Å². The fourth-order valence-electron chi connectivity index (χ4n) is 4.26. The molecule has 2 aliphatic rings. The fraction of sp³-hybridized carbons (Fsp3) is 0.429. The van der Waals surface area contributed by atoms with Gasteiger partial charge in [0.25, 0.3) is 5.91 Å². The second-order valence-electron chi connectivity index (χ2n) is 7.29. The van der Waals surface area contributed by atoms with Crippen molar-refractivity contribution in [2.75, 3.05) is 44.2 Å². The lowest BCUT2D eigenvalue weighted by Crippen LogP contribution is -3.18. The lowest BCUT2D eigenvalue weighted by molar-refractivity contribution is -0.927. The van der Waals surface area contributed by atoms with Crippen molar-refractivity contribution < 1.29 is 9.69 Å². The summed E-state index contributed by atoms with van der Waals surface area (Å²) in [6.07, 6.45) is 5.59. The maximum atomic E-state index is 12.6. The molecule has 0 unspecified atom stereocenters. The molecular weight excluding hydrogens is 324 g/mol. The Kier molecular flexibility index (Phi) is 5.16. The lowest BCUT2D eigenvalue weighted by atomic mass is 10.0. The number of para-hydroxylation sites is 1. The molecule has 2 saturated heterocycles. The molecule has 26 heavy (non-hydrogen) atoms. The number of hydrogen-bond donors (Lipinski definition) is 1. The molecule has 0 radical (unpaired) electrons. The Bertz CT molecular complexity index is 705. The van der Waals surface area contributed by atoms with Crippen LogP contribution in [-0.2, 0) is 0 Å². The summed E-state index contributed by atoms with van der Waals surface area (Å²) in [6, 6.07) is 15.1. The molecule has 4 rings (SSSR count). The molecule has 1 aromatic heterocycles. The van der Waals surface area contributed by atoms with Gasteiger partial charge in [0.15, 0.2) is 0 Å². The average molecular weight is 351 g/mol. The minimum absolute atomic E-state index is 0.125. The van der Waals surface area contributed by atoms with Crippen LogP contribution in [0, 0.1) is 0 Å². The molecule has 0 bridgehead atoms. The molecule has 0 aliphatic carbocycles. The fourth-order valence-corrected chi connectivity index (χ4v) is 4.26. The number of piperidine rings is 1. The van der Waals surface area contributed by atoms with Crippen LogP contribution in [0.4, 0.5) is 5.69 Å². The number of nitrogens with zero attached hydrogens (tertiary/aromatic N) is 3. The molecule has 1 N–H and O–H groups in total. The number of aromatic nitrogens is 1. The Morgan fingerprint density at radius 1 is 0.962 bits per heavy atom. The quantitative estimate of drug-likeness (QED) is 0.900. The average Bonchev–Trinajstić information content (AvgIpc) is 2.75. The van der Waals surface area contributed by atoms with Crippen molar-refractivity contribution in [2.45, 2.75) is 18.9 Å². The number of likely N-dealkylation sites (tertiary alicyclic amines) is 1. The van der Waals surface area contributed by atoms with Crippen LogP contribution < -0.4 is 9.80 Å². The summed E-state index contributed by atoms with van der Waals surface area (Å²) in [4.78, 5) is 22.8. The minimum Gasteiger partial charge on any atom is -0.360 e. The van der Waals surface area contributed by atoms with Crippen LogP contribution >= 0.6 is 0 Å². The molecule has 2 aromatic rings. The van der Waals surface area contributed by atoms with E-state index in [0.717, 1.165) is 39.0 Å². The molecule has 0 spiro atoms. The van der Waals surface area contributed by atoms with Gasteiger partial charge in [0.2, 0.25) is 0 Å². The summed E-state index contributed by atoms with van der Waals surface area (Å²) in [7, 11) is 0. The van der Waals surface area contributed by atoms with E-state index in [1.807, 2.05) is 17.0 Å². The molecule has 1 aromatic carbocycles. The number of quaternary nitrogens is 1. The van der Waals surface area contributed by atoms with Crippen molar-refractivity contribution in [1.29, 1.82) is 0 Å². The number of anilines is 1. The number of benzene rings is 1. The first kappa shape index (κ1) is 17.0. The third-order valence-corrected chi connectivity index (χ3v) is 5.80. The molecule has 0 saturated carbocycles. The van der Waals surface area contributed by atoms with E-state index >= 15 is 0 Å². The SMILES string of the molecule is O=C(c1cccnc1)N1CCC([NH+]2CCN(c3ccccc3)CC2)CC1. The summed E-state index contributed by atoms with van der Waals surface area (Å²) >= 11 is 0. The molecule has 3 heterocycles. The van der Waals surface area contributed by atoms with Gasteiger partial charge in [-0.2, -0.15) is 0 Å². The van der Waals surface area contributed by atoms with E-state index in [1.54, 1.807) is 17.3 Å². The molecule has 5 heteroatoms. The van der Waals surface area contributed by atoms with Gasteiger partial charge in [0, 0.05) is 44.0 Å². The van der Waals surface area contributed by atoms with Crippen molar-refractivity contribution in [2.24, 2.45) is 0 Å². The molecule has 136 valence electrons. The highest BCUT2D eigenvalue weighted by atomic mass is 16.2. The van der Waals surface area contributed by atoms with Gasteiger partial charge in [-0.3, -0.25) is 9.78 Å². The second-order valence-corrected chi connectivity index (χ2v) is 7.29. The first-order chi connectivity index (χ1) is 12.8. The standard InChI is InChI=1S/C21H26N4O/c26-21(18-5-4-10-22-17-18)25-11-8-20(9-12-25)24-15-13-23(14-16-24)19-6-2-1-3-7-19/h1-7,10,17,20H,8-9,11-16H2/p+1. The zero-order valence-corrected chi connectivity index (χ0v) is 15.2. The smallest absolute Gasteiger partial charge is 0.255 e. The number of carbonyl (C=O) groups is 1. The molecule has 2 fully saturated rings. The molecular formula is C21H27N4O+. The van der Waals surface area contributed by atoms with Gasteiger partial charge in [-0.05, 0) is 24.3 Å². The van der Waals surface area contributed by atoms with E-state index in [2.05, 4.69) is 40.2 Å². The Morgan fingerprint density at radius 3 is 2.35 bits per heavy atom. The molecule has 1 amide bonds. The first-order valence-electron chi connectivity index (χ1n) is 9.65. The molecule has 0 atom stereocenters. The van der Waals surface area contributed by atoms with Crippen LogP contribution in [0.1, 0.15) is 23.2 Å². The van der Waals surface area contributed by atoms with Gasteiger partial charge >= 0.3 is 0 Å². The predicted molar refractivity (Wildman–Crippen MR) is 103 cm³/mol. The van der Waals surface area contributed by atoms with E-state index in [1.165, 1.54) is 18.8 Å². The van der Waals surface area contributed by atoms with Gasteiger partial charge in [-0.25, -0.2) is 0 Å². The van der Waals surface area contributed by atoms with Crippen LogP contribution in [0.2, 0.25) is 0 Å². The largest absolute Gasteiger partial charge is 0.360 e. The summed E-state index contributed by atoms with van der Waals surface area (Å²) in [5.74, 6) is 0.125. The number of pyridine rings is 1. The number of piperazine rings is 1. The maximum absolute atomic E-state index is 12.6. The Hall–Kier alpha value is -2.40. The lowest BCUT2D eigenvalue weighted by Gasteiger charge is -2.40. The number of rotatable bonds is 3. The van der Waals surface area contributed by atoms with Crippen molar-refractivity contribution in [1.82, 2.24) is 9.88 Å². The van der Waals surface area contributed by atoms with Crippen molar-refractivity contribution in [3.63, 3.8) is 0 Å². The number of amides is 1. The van der Waals surface area contributed by atoms with Crippen LogP contribution in [0.3, 0.4) is 0 Å². The number of nitrogens with one attached hydrogen (secondary N) is 1. The van der Waals surface area contributed by atoms with Gasteiger partial charge in [0.05, 0.1) is 37.8 Å². The van der Waals surface area contributed by atoms with Gasteiger partial charge in [0.1, 0.15) is 0 Å². The summed E-state index contributed by atoms with van der Waals surface area (Å²) in [6.45, 7) is 6.35. The van der Waals surface area contributed by atoms with Crippen LogP contribution in [0.5, 0.6) is 0 Å². The normalized spacial score (nSPS) is 19.5. The number of hydrogen-bond acceptors (Lipinski definition) is 3. The van der Waals surface area contributed by atoms with E-state index in [4.69, 9.17) is 0 Å². The highest BCUT2D eigenvalue weighted by Crippen LogP contribution is 2.15. The Morgan fingerprint density at radius 2 is 1.69 bits per heavy atom. The molecule has 2 aliphatic heterocycles. The van der Waals surface area contributed by atoms with Crippen LogP contribution in [0.15, 0.2) is 54.9 Å². The predicted octanol–water partition coefficient (Wildman–Crippen LogP) is 1.09. The first-order valence-corrected chi connectivity index (χ1v) is 9.65. The highest BCUT2D eigenvalue weighted by Gasteiger charge is 2.32. The minimum atomic E-state index is 0.125. The van der Waals surface area contributed by atoms with E-state index < -0.39 is 0 Å². The monoisotopic (exact) mass is 351 g/mol. The third-order valence-electron chi connectivity index (χ3n) is 5.80. The second kappa shape index (κ2) is 7.87. The Labute approximate surface area is 155 Å². The Balaban J connectivity index is 1.27. The van der Waals surface area contributed by atoms with Crippen molar-refractivity contribution in [3.8, 4) is 0 Å². The van der Waals surface area contributed by atoms with Gasteiger partial charge in [-0.1, -0.05) is 18.2 Å². The topological polar surface area (TPSA) is 40.9 Å². The van der Waals surface area contributed by atoms with Crippen molar-refractivity contribution >= 4 is 11.6 Å². The third kappa shape index (κ3) is 3.73. The summed E-state index contributed by atoms with van der Waals surface area (Å²) < 4.78 is 0. The zero-order valence-electron chi connectivity index (χ0n) is 15.2. The molecule has 5 nitrogen and oxygen atoms in total. The van der Waals surface area contributed by atoms with Gasteiger partial charge < -0.3 is 14.7 Å². The summed E-state index contributed by atoms with van der Waals surface area (Å²) in [5, 5.41) is 0. The van der Waals surface area contributed by atoms with Crippen molar-refractivity contribution in [3.05, 3.63) is 60.4 Å². The van der Waals surface area contributed by atoms with Gasteiger partial charge in [-0.15, -0.1) is 0 Å². The van der Waals surface area contributed by atoms with E-state index in [0.29, 0.717) is 11.6 Å². The van der Waals surface area contributed by atoms with Crippen LogP contribution in [0.25, 0.3) is 0 Å². The van der Waals surface area contributed by atoms with Crippen LogP contribution in [-0.4, -0.2) is 61.1 Å². The highest BCUT2D eigenvalue weighted by molar-refractivity contribution is 5.93. The maximum Gasteiger partial charge on any atom is 0.255 e.